The van der Waals surface area contributed by atoms with E-state index in [1.807, 2.05) is 24.3 Å². The van der Waals surface area contributed by atoms with Crippen molar-refractivity contribution in [2.45, 2.75) is 12.6 Å². The van der Waals surface area contributed by atoms with Crippen LogP contribution in [0.2, 0.25) is 0 Å². The van der Waals surface area contributed by atoms with Crippen molar-refractivity contribution in [1.82, 2.24) is 9.13 Å². The van der Waals surface area contributed by atoms with Gasteiger partial charge in [0.05, 0.1) is 23.7 Å². The molecule has 0 fully saturated rings. The van der Waals surface area contributed by atoms with Gasteiger partial charge in [-0.15, -0.1) is 0 Å². The van der Waals surface area contributed by atoms with Gasteiger partial charge in [-0.1, -0.05) is 24.3 Å². The number of halogens is 1. The van der Waals surface area contributed by atoms with Gasteiger partial charge in [0.1, 0.15) is 5.82 Å². The van der Waals surface area contributed by atoms with Gasteiger partial charge >= 0.3 is 5.69 Å². The number of aliphatic hydroxyl groups is 1. The predicted molar refractivity (Wildman–Crippen MR) is 78.5 cm³/mol. The Balaban J connectivity index is 2.00. The highest BCUT2D eigenvalue weighted by Gasteiger charge is 2.15. The maximum absolute atomic E-state index is 12.9. The van der Waals surface area contributed by atoms with Crippen LogP contribution in [0.15, 0.2) is 53.3 Å². The quantitative estimate of drug-likeness (QED) is 0.802. The largest absolute Gasteiger partial charge is 0.387 e. The molecule has 108 valence electrons. The molecule has 0 radical (unpaired) electrons. The number of fused-ring (bicyclic) bond motifs is 1. The summed E-state index contributed by atoms with van der Waals surface area (Å²) in [4.78, 5) is 12.3. The van der Waals surface area contributed by atoms with Gasteiger partial charge in [0.15, 0.2) is 0 Å². The summed E-state index contributed by atoms with van der Waals surface area (Å²) in [6.45, 7) is 0.131. The van der Waals surface area contributed by atoms with Crippen LogP contribution in [0.5, 0.6) is 0 Å². The second-order valence-corrected chi connectivity index (χ2v) is 5.01. The Labute approximate surface area is 120 Å². The highest BCUT2D eigenvalue weighted by Crippen LogP contribution is 2.18. The Bertz CT molecular complexity index is 834. The van der Waals surface area contributed by atoms with E-state index >= 15 is 0 Å². The van der Waals surface area contributed by atoms with E-state index in [9.17, 15) is 14.3 Å². The number of nitrogens with zero attached hydrogens (tertiary/aromatic N) is 2. The van der Waals surface area contributed by atoms with Crippen LogP contribution >= 0.6 is 0 Å². The third-order valence-electron chi connectivity index (χ3n) is 3.66. The number of para-hydroxylation sites is 2. The molecule has 1 aromatic heterocycles. The third kappa shape index (κ3) is 2.36. The minimum absolute atomic E-state index is 0.131. The molecule has 0 saturated carbocycles. The number of aromatic nitrogens is 2. The Morgan fingerprint density at radius 2 is 1.71 bits per heavy atom. The molecule has 0 amide bonds. The summed E-state index contributed by atoms with van der Waals surface area (Å²) >= 11 is 0. The molecule has 2 aromatic carbocycles. The zero-order chi connectivity index (χ0) is 15.0. The average Bonchev–Trinajstić information content (AvgIpc) is 2.73. The van der Waals surface area contributed by atoms with Crippen molar-refractivity contribution in [1.29, 1.82) is 0 Å². The van der Waals surface area contributed by atoms with Crippen molar-refractivity contribution in [3.8, 4) is 0 Å². The standard InChI is InChI=1S/C16H15FN2O2/c1-18-13-4-2-3-5-14(13)19(16(18)21)10-15(20)11-6-8-12(17)9-7-11/h2-9,15,20H,10H2,1H3. The zero-order valence-corrected chi connectivity index (χ0v) is 11.5. The van der Waals surface area contributed by atoms with Crippen molar-refractivity contribution in [2.75, 3.05) is 0 Å². The van der Waals surface area contributed by atoms with Gasteiger partial charge in [-0.05, 0) is 29.8 Å². The Morgan fingerprint density at radius 1 is 1.10 bits per heavy atom. The van der Waals surface area contributed by atoms with Crippen molar-refractivity contribution < 1.29 is 9.50 Å². The molecule has 1 unspecified atom stereocenters. The SMILES string of the molecule is Cn1c(=O)n(CC(O)c2ccc(F)cc2)c2ccccc21. The minimum atomic E-state index is -0.867. The van der Waals surface area contributed by atoms with E-state index in [0.29, 0.717) is 5.56 Å². The molecule has 0 saturated heterocycles. The maximum atomic E-state index is 12.9. The third-order valence-corrected chi connectivity index (χ3v) is 3.66. The molecule has 3 aromatic rings. The van der Waals surface area contributed by atoms with E-state index in [1.165, 1.54) is 28.8 Å². The first-order valence-electron chi connectivity index (χ1n) is 6.65. The van der Waals surface area contributed by atoms with E-state index in [0.717, 1.165) is 11.0 Å². The van der Waals surface area contributed by atoms with Gasteiger partial charge in [0.25, 0.3) is 0 Å². The van der Waals surface area contributed by atoms with E-state index < -0.39 is 6.10 Å². The first kappa shape index (κ1) is 13.6. The number of hydrogen-bond acceptors (Lipinski definition) is 2. The fraction of sp³-hybridized carbons (Fsp3) is 0.188. The summed E-state index contributed by atoms with van der Waals surface area (Å²) in [6, 6.07) is 13.1. The molecule has 0 aliphatic heterocycles. The van der Waals surface area contributed by atoms with Crippen molar-refractivity contribution in [3.05, 3.63) is 70.4 Å². The molecule has 0 aliphatic rings. The van der Waals surface area contributed by atoms with Crippen LogP contribution in [0.4, 0.5) is 4.39 Å². The molecule has 5 heteroatoms. The predicted octanol–water partition coefficient (Wildman–Crippen LogP) is 2.21. The Morgan fingerprint density at radius 3 is 2.38 bits per heavy atom. The Hall–Kier alpha value is -2.40. The van der Waals surface area contributed by atoms with Crippen molar-refractivity contribution in [2.24, 2.45) is 7.05 Å². The lowest BCUT2D eigenvalue weighted by atomic mass is 10.1. The first-order chi connectivity index (χ1) is 10.1. The molecule has 1 N–H and O–H groups in total. The van der Waals surface area contributed by atoms with Gasteiger partial charge in [-0.3, -0.25) is 9.13 Å². The fourth-order valence-corrected chi connectivity index (χ4v) is 2.50. The van der Waals surface area contributed by atoms with E-state index in [-0.39, 0.29) is 18.1 Å². The number of aryl methyl sites for hydroxylation is 1. The first-order valence-corrected chi connectivity index (χ1v) is 6.65. The molecule has 0 bridgehead atoms. The van der Waals surface area contributed by atoms with Crippen LogP contribution in [-0.2, 0) is 13.6 Å². The molecule has 1 atom stereocenters. The maximum Gasteiger partial charge on any atom is 0.328 e. The van der Waals surface area contributed by atoms with Crippen LogP contribution in [0.25, 0.3) is 11.0 Å². The summed E-state index contributed by atoms with van der Waals surface area (Å²) in [7, 11) is 1.70. The molecule has 0 aliphatic carbocycles. The molecule has 1 heterocycles. The lowest BCUT2D eigenvalue weighted by molar-refractivity contribution is 0.156. The smallest absolute Gasteiger partial charge is 0.328 e. The van der Waals surface area contributed by atoms with Gasteiger partial charge in [-0.25, -0.2) is 9.18 Å². The lowest BCUT2D eigenvalue weighted by Gasteiger charge is -2.12. The molecule has 3 rings (SSSR count). The van der Waals surface area contributed by atoms with Gasteiger partial charge in [0.2, 0.25) is 0 Å². The highest BCUT2D eigenvalue weighted by atomic mass is 19.1. The van der Waals surface area contributed by atoms with Crippen LogP contribution in [0.1, 0.15) is 11.7 Å². The van der Waals surface area contributed by atoms with E-state index in [2.05, 4.69) is 0 Å². The molecular formula is C16H15FN2O2. The second kappa shape index (κ2) is 5.18. The topological polar surface area (TPSA) is 47.2 Å². The highest BCUT2D eigenvalue weighted by molar-refractivity contribution is 5.75. The average molecular weight is 286 g/mol. The zero-order valence-electron chi connectivity index (χ0n) is 11.5. The summed E-state index contributed by atoms with van der Waals surface area (Å²) in [5.41, 5.74) is 1.98. The van der Waals surface area contributed by atoms with Crippen molar-refractivity contribution in [3.63, 3.8) is 0 Å². The van der Waals surface area contributed by atoms with Crippen LogP contribution < -0.4 is 5.69 Å². The number of aliphatic hydroxyl groups excluding tert-OH is 1. The number of imidazole rings is 1. The summed E-state index contributed by atoms with van der Waals surface area (Å²) in [6.07, 6.45) is -0.867. The molecular weight excluding hydrogens is 271 g/mol. The number of benzene rings is 2. The fourth-order valence-electron chi connectivity index (χ4n) is 2.50. The normalized spacial score (nSPS) is 12.7. The molecule has 4 nitrogen and oxygen atoms in total. The summed E-state index contributed by atoms with van der Waals surface area (Å²) < 4.78 is 16.0. The van der Waals surface area contributed by atoms with Crippen LogP contribution in [0.3, 0.4) is 0 Å². The number of rotatable bonds is 3. The second-order valence-electron chi connectivity index (χ2n) is 5.01. The van der Waals surface area contributed by atoms with Crippen molar-refractivity contribution >= 4 is 11.0 Å². The summed E-state index contributed by atoms with van der Waals surface area (Å²) in [5, 5.41) is 10.3. The van der Waals surface area contributed by atoms with Crippen LogP contribution in [0, 0.1) is 5.82 Å². The van der Waals surface area contributed by atoms with E-state index in [4.69, 9.17) is 0 Å². The monoisotopic (exact) mass is 286 g/mol. The molecule has 0 spiro atoms. The summed E-state index contributed by atoms with van der Waals surface area (Å²) in [5.74, 6) is -0.353. The number of hydrogen-bond donors (Lipinski definition) is 1. The van der Waals surface area contributed by atoms with Crippen LogP contribution in [-0.4, -0.2) is 14.2 Å². The Kier molecular flexibility index (Phi) is 3.35. The molecule has 21 heavy (non-hydrogen) atoms. The van der Waals surface area contributed by atoms with Gasteiger partial charge in [-0.2, -0.15) is 0 Å². The van der Waals surface area contributed by atoms with Gasteiger partial charge < -0.3 is 5.11 Å². The minimum Gasteiger partial charge on any atom is -0.387 e. The van der Waals surface area contributed by atoms with Gasteiger partial charge in [0, 0.05) is 7.05 Å². The van der Waals surface area contributed by atoms with E-state index in [1.54, 1.807) is 11.6 Å². The lowest BCUT2D eigenvalue weighted by Crippen LogP contribution is -2.24.